The van der Waals surface area contributed by atoms with Crippen LogP contribution in [0.2, 0.25) is 0 Å². The molecule has 1 amide bonds. The van der Waals surface area contributed by atoms with Gasteiger partial charge in [-0.05, 0) is 38.1 Å². The van der Waals surface area contributed by atoms with Crippen molar-refractivity contribution in [2.24, 2.45) is 5.92 Å². The number of piperidine rings is 1. The normalized spacial score (nSPS) is 20.7. The molecule has 1 fully saturated rings. The molecule has 2 aliphatic heterocycles. The van der Waals surface area contributed by atoms with E-state index in [4.69, 9.17) is 9.47 Å². The van der Waals surface area contributed by atoms with Crippen LogP contribution in [-0.4, -0.2) is 24.8 Å². The van der Waals surface area contributed by atoms with Gasteiger partial charge < -0.3 is 20.1 Å². The Hall–Kier alpha value is -1.75. The number of benzene rings is 1. The molecule has 1 saturated heterocycles. The van der Waals surface area contributed by atoms with Crippen LogP contribution < -0.4 is 20.1 Å². The smallest absolute Gasteiger partial charge is 0.246 e. The lowest BCUT2D eigenvalue weighted by Crippen LogP contribution is -2.34. The summed E-state index contributed by atoms with van der Waals surface area (Å²) in [7, 11) is 0. The highest BCUT2D eigenvalue weighted by Gasteiger charge is 2.32. The lowest BCUT2D eigenvalue weighted by molar-refractivity contribution is -0.120. The van der Waals surface area contributed by atoms with Crippen molar-refractivity contribution in [3.63, 3.8) is 0 Å². The van der Waals surface area contributed by atoms with Crippen LogP contribution in [0.3, 0.4) is 0 Å². The highest BCUT2D eigenvalue weighted by molar-refractivity contribution is 5.93. The van der Waals surface area contributed by atoms with E-state index in [9.17, 15) is 4.79 Å². The van der Waals surface area contributed by atoms with Crippen molar-refractivity contribution >= 4 is 11.6 Å². The molecule has 0 aromatic heterocycles. The summed E-state index contributed by atoms with van der Waals surface area (Å²) in [5.74, 6) is 0.940. The molecule has 108 valence electrons. The molecule has 1 aromatic rings. The van der Waals surface area contributed by atoms with Gasteiger partial charge in [0.15, 0.2) is 11.5 Å². The number of amides is 1. The van der Waals surface area contributed by atoms with Gasteiger partial charge in [-0.15, -0.1) is 0 Å². The molecule has 0 spiro atoms. The molecular weight excluding hydrogens is 256 g/mol. The number of nitrogens with one attached hydrogen (secondary N) is 2. The van der Waals surface area contributed by atoms with Crippen LogP contribution in [-0.2, 0) is 4.79 Å². The molecule has 20 heavy (non-hydrogen) atoms. The van der Waals surface area contributed by atoms with E-state index in [1.54, 1.807) is 0 Å². The fourth-order valence-electron chi connectivity index (χ4n) is 2.63. The Morgan fingerprint density at radius 1 is 1.25 bits per heavy atom. The monoisotopic (exact) mass is 276 g/mol. The molecule has 2 heterocycles. The van der Waals surface area contributed by atoms with E-state index in [0.717, 1.165) is 37.4 Å². The molecule has 2 N–H and O–H groups in total. The Morgan fingerprint density at radius 2 is 1.95 bits per heavy atom. The summed E-state index contributed by atoms with van der Waals surface area (Å²) in [6.45, 7) is 5.54. The molecule has 5 nitrogen and oxygen atoms in total. The third-order valence-corrected chi connectivity index (χ3v) is 3.63. The Morgan fingerprint density at radius 3 is 2.70 bits per heavy atom. The highest BCUT2D eigenvalue weighted by atomic mass is 16.7. The van der Waals surface area contributed by atoms with Crippen molar-refractivity contribution in [2.45, 2.75) is 32.5 Å². The molecule has 0 aliphatic carbocycles. The van der Waals surface area contributed by atoms with Crippen LogP contribution in [0, 0.1) is 5.92 Å². The van der Waals surface area contributed by atoms with Gasteiger partial charge in [-0.3, -0.25) is 4.79 Å². The van der Waals surface area contributed by atoms with E-state index in [1.165, 1.54) is 0 Å². The molecule has 2 aliphatic rings. The molecule has 0 saturated carbocycles. The third kappa shape index (κ3) is 2.72. The van der Waals surface area contributed by atoms with E-state index < -0.39 is 5.79 Å². The Bertz CT molecular complexity index is 522. The summed E-state index contributed by atoms with van der Waals surface area (Å²) in [6.07, 6.45) is 1.78. The van der Waals surface area contributed by atoms with Crippen LogP contribution >= 0.6 is 0 Å². The minimum atomic E-state index is -0.639. The highest BCUT2D eigenvalue weighted by Crippen LogP contribution is 2.40. The SMILES string of the molecule is CC1(C)Oc2ccc(NC(=O)C3CCNCC3)cc2O1. The average molecular weight is 276 g/mol. The molecule has 0 unspecified atom stereocenters. The van der Waals surface area contributed by atoms with E-state index in [1.807, 2.05) is 32.0 Å². The largest absolute Gasteiger partial charge is 0.449 e. The predicted octanol–water partition coefficient (Wildman–Crippen LogP) is 2.13. The predicted molar refractivity (Wildman–Crippen MR) is 76.0 cm³/mol. The van der Waals surface area contributed by atoms with Crippen molar-refractivity contribution in [3.05, 3.63) is 18.2 Å². The molecule has 5 heteroatoms. The van der Waals surface area contributed by atoms with Crippen molar-refractivity contribution in [3.8, 4) is 11.5 Å². The number of hydrogen-bond donors (Lipinski definition) is 2. The number of hydrogen-bond acceptors (Lipinski definition) is 4. The van der Waals surface area contributed by atoms with Gasteiger partial charge in [0, 0.05) is 31.5 Å². The van der Waals surface area contributed by atoms with Gasteiger partial charge in [-0.25, -0.2) is 0 Å². The summed E-state index contributed by atoms with van der Waals surface area (Å²) in [5, 5.41) is 6.23. The second kappa shape index (κ2) is 4.98. The fourth-order valence-corrected chi connectivity index (χ4v) is 2.63. The van der Waals surface area contributed by atoms with Crippen LogP contribution in [0.1, 0.15) is 26.7 Å². The van der Waals surface area contributed by atoms with Gasteiger partial charge in [0.25, 0.3) is 0 Å². The van der Waals surface area contributed by atoms with Crippen LogP contribution in [0.15, 0.2) is 18.2 Å². The summed E-state index contributed by atoms with van der Waals surface area (Å²) >= 11 is 0. The number of fused-ring (bicyclic) bond motifs is 1. The first-order chi connectivity index (χ1) is 9.53. The molecule has 0 bridgehead atoms. The van der Waals surface area contributed by atoms with Crippen LogP contribution in [0.5, 0.6) is 11.5 Å². The van der Waals surface area contributed by atoms with Gasteiger partial charge in [-0.1, -0.05) is 0 Å². The second-order valence-corrected chi connectivity index (χ2v) is 5.78. The summed E-state index contributed by atoms with van der Waals surface area (Å²) < 4.78 is 11.3. The molecule has 3 rings (SSSR count). The van der Waals surface area contributed by atoms with Crippen molar-refractivity contribution < 1.29 is 14.3 Å². The van der Waals surface area contributed by atoms with E-state index in [0.29, 0.717) is 5.75 Å². The van der Waals surface area contributed by atoms with Crippen molar-refractivity contribution in [2.75, 3.05) is 18.4 Å². The minimum absolute atomic E-state index is 0.0876. The topological polar surface area (TPSA) is 59.6 Å². The maximum absolute atomic E-state index is 12.2. The Labute approximate surface area is 118 Å². The Kier molecular flexibility index (Phi) is 3.30. The summed E-state index contributed by atoms with van der Waals surface area (Å²) in [4.78, 5) is 12.2. The zero-order chi connectivity index (χ0) is 14.2. The zero-order valence-corrected chi connectivity index (χ0v) is 11.9. The van der Waals surface area contributed by atoms with Gasteiger partial charge in [0.05, 0.1) is 0 Å². The maximum atomic E-state index is 12.2. The lowest BCUT2D eigenvalue weighted by atomic mass is 9.97. The number of rotatable bonds is 2. The average Bonchev–Trinajstić information content (AvgIpc) is 2.73. The second-order valence-electron chi connectivity index (χ2n) is 5.78. The van der Waals surface area contributed by atoms with Gasteiger partial charge >= 0.3 is 0 Å². The zero-order valence-electron chi connectivity index (χ0n) is 11.9. The molecule has 0 radical (unpaired) electrons. The first kappa shape index (κ1) is 13.2. The number of anilines is 1. The summed E-state index contributed by atoms with van der Waals surface area (Å²) in [5.41, 5.74) is 0.758. The Balaban J connectivity index is 1.68. The van der Waals surface area contributed by atoms with Gasteiger partial charge in [-0.2, -0.15) is 0 Å². The first-order valence-corrected chi connectivity index (χ1v) is 7.07. The maximum Gasteiger partial charge on any atom is 0.246 e. The number of carbonyl (C=O) groups is 1. The number of ether oxygens (including phenoxy) is 2. The van der Waals surface area contributed by atoms with Crippen LogP contribution in [0.4, 0.5) is 5.69 Å². The van der Waals surface area contributed by atoms with E-state index in [2.05, 4.69) is 10.6 Å². The van der Waals surface area contributed by atoms with E-state index >= 15 is 0 Å². The first-order valence-electron chi connectivity index (χ1n) is 7.07. The number of carbonyl (C=O) groups excluding carboxylic acids is 1. The van der Waals surface area contributed by atoms with Crippen LogP contribution in [0.25, 0.3) is 0 Å². The quantitative estimate of drug-likeness (QED) is 0.869. The standard InChI is InChI=1S/C15H20N2O3/c1-15(2)19-12-4-3-11(9-13(12)20-15)17-14(18)10-5-7-16-8-6-10/h3-4,9-10,16H,5-8H2,1-2H3,(H,17,18). The minimum Gasteiger partial charge on any atom is -0.449 e. The third-order valence-electron chi connectivity index (χ3n) is 3.63. The molecule has 1 aromatic carbocycles. The lowest BCUT2D eigenvalue weighted by Gasteiger charge is -2.21. The van der Waals surface area contributed by atoms with Crippen molar-refractivity contribution in [1.82, 2.24) is 5.32 Å². The van der Waals surface area contributed by atoms with Gasteiger partial charge in [0.2, 0.25) is 11.7 Å². The van der Waals surface area contributed by atoms with Gasteiger partial charge in [0.1, 0.15) is 0 Å². The van der Waals surface area contributed by atoms with Crippen molar-refractivity contribution in [1.29, 1.82) is 0 Å². The van der Waals surface area contributed by atoms with E-state index in [-0.39, 0.29) is 11.8 Å². The molecular formula is C15H20N2O3. The fraction of sp³-hybridized carbons (Fsp3) is 0.533. The summed E-state index contributed by atoms with van der Waals surface area (Å²) in [6, 6.07) is 5.51. The molecule has 0 atom stereocenters.